The van der Waals surface area contributed by atoms with E-state index in [1.165, 1.54) is 0 Å². The Hall–Kier alpha value is -1.03. The molecule has 0 aliphatic carbocycles. The Bertz CT molecular complexity index is 315. The van der Waals surface area contributed by atoms with Gasteiger partial charge in [0.2, 0.25) is 11.8 Å². The van der Waals surface area contributed by atoms with Crippen molar-refractivity contribution in [1.29, 1.82) is 0 Å². The number of carbonyl (C=O) groups excluding carboxylic acids is 2. The number of nitrogens with one attached hydrogen (secondary N) is 1. The standard InChI is InChI=1S/C11H17ClN2O2/c1-7(2)10-11(16)14(6-8(3)12)5-4-9(15)13-10/h7,10H,3-6H2,1-2H3,(H,13,15). The van der Waals surface area contributed by atoms with E-state index < -0.39 is 6.04 Å². The number of nitrogens with zero attached hydrogens (tertiary/aromatic N) is 1. The molecule has 4 nitrogen and oxygen atoms in total. The maximum atomic E-state index is 12.1. The van der Waals surface area contributed by atoms with Crippen molar-refractivity contribution in [3.63, 3.8) is 0 Å². The van der Waals surface area contributed by atoms with Gasteiger partial charge in [-0.05, 0) is 5.92 Å². The third kappa shape index (κ3) is 3.23. The van der Waals surface area contributed by atoms with E-state index in [9.17, 15) is 9.59 Å². The highest BCUT2D eigenvalue weighted by Crippen LogP contribution is 2.13. The van der Waals surface area contributed by atoms with Crippen LogP contribution in [0.2, 0.25) is 0 Å². The summed E-state index contributed by atoms with van der Waals surface area (Å²) in [6.45, 7) is 8.09. The van der Waals surface area contributed by atoms with E-state index in [0.717, 1.165) is 0 Å². The third-order valence-electron chi connectivity index (χ3n) is 2.53. The monoisotopic (exact) mass is 244 g/mol. The fraction of sp³-hybridized carbons (Fsp3) is 0.636. The number of hydrogen-bond donors (Lipinski definition) is 1. The van der Waals surface area contributed by atoms with Crippen LogP contribution in [0.15, 0.2) is 11.6 Å². The van der Waals surface area contributed by atoms with Crippen LogP contribution in [-0.2, 0) is 9.59 Å². The summed E-state index contributed by atoms with van der Waals surface area (Å²) in [5, 5.41) is 3.14. The molecular formula is C11H17ClN2O2. The molecule has 0 bridgehead atoms. The van der Waals surface area contributed by atoms with Crippen molar-refractivity contribution >= 4 is 23.4 Å². The van der Waals surface area contributed by atoms with Crippen molar-refractivity contribution in [3.8, 4) is 0 Å². The van der Waals surface area contributed by atoms with Gasteiger partial charge in [-0.2, -0.15) is 0 Å². The largest absolute Gasteiger partial charge is 0.344 e. The average molecular weight is 245 g/mol. The zero-order valence-electron chi connectivity index (χ0n) is 9.62. The molecule has 2 amide bonds. The molecule has 1 unspecified atom stereocenters. The smallest absolute Gasteiger partial charge is 0.245 e. The van der Waals surface area contributed by atoms with Crippen LogP contribution in [0.1, 0.15) is 20.3 Å². The first-order valence-electron chi connectivity index (χ1n) is 5.33. The van der Waals surface area contributed by atoms with Crippen molar-refractivity contribution in [2.24, 2.45) is 5.92 Å². The lowest BCUT2D eigenvalue weighted by Crippen LogP contribution is -2.47. The summed E-state index contributed by atoms with van der Waals surface area (Å²) in [6.07, 6.45) is 0.319. The van der Waals surface area contributed by atoms with Crippen molar-refractivity contribution in [2.75, 3.05) is 13.1 Å². The van der Waals surface area contributed by atoms with E-state index in [1.54, 1.807) is 4.90 Å². The Balaban J connectivity index is 2.82. The molecule has 1 heterocycles. The summed E-state index contributed by atoms with van der Waals surface area (Å²) < 4.78 is 0. The van der Waals surface area contributed by atoms with Crippen LogP contribution in [-0.4, -0.2) is 35.8 Å². The average Bonchev–Trinajstić information content (AvgIpc) is 2.30. The van der Waals surface area contributed by atoms with Gasteiger partial charge in [-0.1, -0.05) is 32.0 Å². The van der Waals surface area contributed by atoms with Crippen molar-refractivity contribution in [2.45, 2.75) is 26.3 Å². The fourth-order valence-corrected chi connectivity index (χ4v) is 1.81. The van der Waals surface area contributed by atoms with E-state index in [4.69, 9.17) is 11.6 Å². The predicted molar refractivity (Wildman–Crippen MR) is 63.0 cm³/mol. The molecule has 1 atom stereocenters. The summed E-state index contributed by atoms with van der Waals surface area (Å²) in [6, 6.07) is -0.453. The van der Waals surface area contributed by atoms with Gasteiger partial charge in [-0.25, -0.2) is 0 Å². The zero-order chi connectivity index (χ0) is 12.3. The second-order valence-corrected chi connectivity index (χ2v) is 4.85. The molecule has 0 aromatic heterocycles. The molecule has 0 aromatic carbocycles. The quantitative estimate of drug-likeness (QED) is 0.809. The molecule has 5 heteroatoms. The Morgan fingerprint density at radius 3 is 2.75 bits per heavy atom. The van der Waals surface area contributed by atoms with Crippen LogP contribution in [0.4, 0.5) is 0 Å². The fourth-order valence-electron chi connectivity index (χ4n) is 1.67. The molecular weight excluding hydrogens is 228 g/mol. The second kappa shape index (κ2) is 5.34. The number of hydrogen-bond acceptors (Lipinski definition) is 2. The summed E-state index contributed by atoms with van der Waals surface area (Å²) >= 11 is 5.70. The summed E-state index contributed by atoms with van der Waals surface area (Å²) in [4.78, 5) is 25.1. The van der Waals surface area contributed by atoms with E-state index in [0.29, 0.717) is 24.5 Å². The van der Waals surface area contributed by atoms with Crippen LogP contribution in [0, 0.1) is 5.92 Å². The van der Waals surface area contributed by atoms with Gasteiger partial charge < -0.3 is 10.2 Å². The predicted octanol–water partition coefficient (Wildman–Crippen LogP) is 1.11. The molecule has 1 N–H and O–H groups in total. The SMILES string of the molecule is C=C(Cl)CN1CCC(=O)NC(C(C)C)C1=O. The molecule has 0 saturated carbocycles. The van der Waals surface area contributed by atoms with Gasteiger partial charge in [0.25, 0.3) is 0 Å². The van der Waals surface area contributed by atoms with Gasteiger partial charge in [-0.3, -0.25) is 9.59 Å². The minimum absolute atomic E-state index is 0.0700. The minimum atomic E-state index is -0.453. The lowest BCUT2D eigenvalue weighted by molar-refractivity contribution is -0.134. The Morgan fingerprint density at radius 2 is 2.25 bits per heavy atom. The van der Waals surface area contributed by atoms with Gasteiger partial charge in [0.1, 0.15) is 6.04 Å². The molecule has 1 aliphatic heterocycles. The van der Waals surface area contributed by atoms with Crippen LogP contribution >= 0.6 is 11.6 Å². The van der Waals surface area contributed by atoms with Crippen molar-refractivity contribution in [1.82, 2.24) is 10.2 Å². The first kappa shape index (κ1) is 13.0. The molecule has 1 aliphatic rings. The Labute approximate surface area is 101 Å². The van der Waals surface area contributed by atoms with Crippen LogP contribution in [0.3, 0.4) is 0 Å². The number of carbonyl (C=O) groups is 2. The first-order chi connectivity index (χ1) is 7.41. The Morgan fingerprint density at radius 1 is 1.62 bits per heavy atom. The molecule has 0 spiro atoms. The molecule has 1 fully saturated rings. The van der Waals surface area contributed by atoms with Crippen LogP contribution in [0.5, 0.6) is 0 Å². The van der Waals surface area contributed by atoms with Gasteiger partial charge in [-0.15, -0.1) is 0 Å². The van der Waals surface area contributed by atoms with Crippen LogP contribution < -0.4 is 5.32 Å². The van der Waals surface area contributed by atoms with E-state index in [2.05, 4.69) is 11.9 Å². The van der Waals surface area contributed by atoms with Gasteiger partial charge in [0.05, 0.1) is 6.54 Å². The zero-order valence-corrected chi connectivity index (χ0v) is 10.4. The van der Waals surface area contributed by atoms with Gasteiger partial charge in [0, 0.05) is 18.0 Å². The summed E-state index contributed by atoms with van der Waals surface area (Å²) in [7, 11) is 0. The maximum Gasteiger partial charge on any atom is 0.245 e. The molecule has 1 saturated heterocycles. The van der Waals surface area contributed by atoms with Crippen molar-refractivity contribution < 1.29 is 9.59 Å². The number of amides is 2. The molecule has 90 valence electrons. The topological polar surface area (TPSA) is 49.4 Å². The molecule has 0 radical (unpaired) electrons. The van der Waals surface area contributed by atoms with Crippen LogP contribution in [0.25, 0.3) is 0 Å². The normalized spacial score (nSPS) is 22.0. The second-order valence-electron chi connectivity index (χ2n) is 4.32. The summed E-state index contributed by atoms with van der Waals surface area (Å²) in [5.41, 5.74) is 0. The highest BCUT2D eigenvalue weighted by molar-refractivity contribution is 6.29. The molecule has 0 aromatic rings. The van der Waals surface area contributed by atoms with E-state index in [1.807, 2.05) is 13.8 Å². The van der Waals surface area contributed by atoms with Gasteiger partial charge in [0.15, 0.2) is 0 Å². The molecule has 1 rings (SSSR count). The van der Waals surface area contributed by atoms with Crippen molar-refractivity contribution in [3.05, 3.63) is 11.6 Å². The lowest BCUT2D eigenvalue weighted by Gasteiger charge is -2.25. The Kier molecular flexibility index (Phi) is 4.35. The highest BCUT2D eigenvalue weighted by Gasteiger charge is 2.31. The maximum absolute atomic E-state index is 12.1. The van der Waals surface area contributed by atoms with E-state index in [-0.39, 0.29) is 17.7 Å². The number of rotatable bonds is 3. The first-order valence-corrected chi connectivity index (χ1v) is 5.71. The highest BCUT2D eigenvalue weighted by atomic mass is 35.5. The lowest BCUT2D eigenvalue weighted by atomic mass is 10.0. The van der Waals surface area contributed by atoms with Gasteiger partial charge >= 0.3 is 0 Å². The molecule has 16 heavy (non-hydrogen) atoms. The van der Waals surface area contributed by atoms with E-state index >= 15 is 0 Å². The third-order valence-corrected chi connectivity index (χ3v) is 2.65. The number of halogens is 1. The minimum Gasteiger partial charge on any atom is -0.344 e. The summed E-state index contributed by atoms with van der Waals surface area (Å²) in [5.74, 6) is -0.0991.